The van der Waals surface area contributed by atoms with Crippen molar-refractivity contribution in [1.29, 1.82) is 0 Å². The van der Waals surface area contributed by atoms with E-state index in [9.17, 15) is 0 Å². The Kier molecular flexibility index (Phi) is 9.57. The van der Waals surface area contributed by atoms with Gasteiger partial charge in [0.15, 0.2) is 11.7 Å². The maximum absolute atomic E-state index is 5.60. The minimum atomic E-state index is -0.461. The molecule has 1 aromatic heterocycles. The van der Waals surface area contributed by atoms with Gasteiger partial charge in [-0.15, -0.1) is 24.0 Å². The van der Waals surface area contributed by atoms with E-state index < -0.39 is 5.79 Å². The number of hydrogen-bond acceptors (Lipinski definition) is 4. The van der Waals surface area contributed by atoms with Crippen LogP contribution in [0.25, 0.3) is 0 Å². The van der Waals surface area contributed by atoms with Crippen molar-refractivity contribution in [3.63, 3.8) is 0 Å². The molecule has 0 saturated carbocycles. The zero-order chi connectivity index (χ0) is 15.7. The lowest BCUT2D eigenvalue weighted by Gasteiger charge is -2.22. The summed E-state index contributed by atoms with van der Waals surface area (Å²) in [5.41, 5.74) is 0. The van der Waals surface area contributed by atoms with E-state index in [0.29, 0.717) is 13.2 Å². The Labute approximate surface area is 155 Å². The van der Waals surface area contributed by atoms with Crippen LogP contribution in [0.3, 0.4) is 0 Å². The summed E-state index contributed by atoms with van der Waals surface area (Å²) in [7, 11) is 0. The summed E-state index contributed by atoms with van der Waals surface area (Å²) in [5.74, 6) is 1.34. The van der Waals surface area contributed by atoms with Gasteiger partial charge in [-0.25, -0.2) is 0 Å². The van der Waals surface area contributed by atoms with E-state index in [1.165, 1.54) is 0 Å². The number of halogens is 1. The third-order valence-electron chi connectivity index (χ3n) is 3.51. The lowest BCUT2D eigenvalue weighted by Crippen LogP contribution is -2.41. The average Bonchev–Trinajstić information content (AvgIpc) is 3.16. The second-order valence-corrected chi connectivity index (χ2v) is 5.49. The summed E-state index contributed by atoms with van der Waals surface area (Å²) in [6.07, 6.45) is 4.35. The molecule has 0 spiro atoms. The fourth-order valence-electron chi connectivity index (χ4n) is 2.27. The largest absolute Gasteiger partial charge is 0.469 e. The number of aliphatic imine (C=N–C) groups is 1. The number of furan rings is 1. The fourth-order valence-corrected chi connectivity index (χ4v) is 2.27. The molecule has 2 rings (SSSR count). The second-order valence-electron chi connectivity index (χ2n) is 5.49. The number of hydrogen-bond donors (Lipinski definition) is 2. The van der Waals surface area contributed by atoms with Crippen LogP contribution in [0.2, 0.25) is 0 Å². The Balaban J connectivity index is 0.00000264. The van der Waals surface area contributed by atoms with Crippen LogP contribution >= 0.6 is 24.0 Å². The summed E-state index contributed by atoms with van der Waals surface area (Å²) >= 11 is 0. The van der Waals surface area contributed by atoms with Gasteiger partial charge in [0.2, 0.25) is 0 Å². The van der Waals surface area contributed by atoms with E-state index in [1.54, 1.807) is 6.26 Å². The Hall–Kier alpha value is -0.800. The molecule has 0 atom stereocenters. The molecule has 0 radical (unpaired) electrons. The Bertz CT molecular complexity index is 445. The first-order valence-corrected chi connectivity index (χ1v) is 8.04. The molecule has 1 aliphatic heterocycles. The molecule has 0 aromatic carbocycles. The van der Waals surface area contributed by atoms with Crippen LogP contribution in [-0.2, 0) is 15.9 Å². The lowest BCUT2D eigenvalue weighted by molar-refractivity contribution is -0.145. The molecule has 1 saturated heterocycles. The number of guanidine groups is 1. The smallest absolute Gasteiger partial charge is 0.191 e. The molecule has 2 N–H and O–H groups in total. The van der Waals surface area contributed by atoms with Gasteiger partial charge >= 0.3 is 0 Å². The van der Waals surface area contributed by atoms with E-state index in [-0.39, 0.29) is 24.0 Å². The van der Waals surface area contributed by atoms with Crippen LogP contribution in [0.4, 0.5) is 0 Å². The SMILES string of the molecule is CCCN=C(NCCc1ccco1)NCCC1(C)OCCO1.I. The van der Waals surface area contributed by atoms with Crippen LogP contribution in [0.5, 0.6) is 0 Å². The molecule has 1 aromatic rings. The van der Waals surface area contributed by atoms with E-state index in [0.717, 1.165) is 50.6 Å². The lowest BCUT2D eigenvalue weighted by atomic mass is 10.2. The Morgan fingerprint density at radius 2 is 2.00 bits per heavy atom. The van der Waals surface area contributed by atoms with Gasteiger partial charge in [-0.3, -0.25) is 4.99 Å². The molecule has 0 amide bonds. The highest BCUT2D eigenvalue weighted by atomic mass is 127. The first kappa shape index (κ1) is 20.2. The molecule has 2 heterocycles. The molecule has 6 nitrogen and oxygen atoms in total. The average molecular weight is 437 g/mol. The second kappa shape index (κ2) is 10.9. The molecule has 0 unspecified atom stereocenters. The van der Waals surface area contributed by atoms with Crippen LogP contribution in [0.1, 0.15) is 32.4 Å². The van der Waals surface area contributed by atoms with Gasteiger partial charge in [-0.2, -0.15) is 0 Å². The van der Waals surface area contributed by atoms with Gasteiger partial charge in [0.05, 0.1) is 19.5 Å². The quantitative estimate of drug-likeness (QED) is 0.372. The standard InChI is InChI=1S/C16H27N3O3.HI/c1-3-8-17-15(18-9-6-14-5-4-11-20-14)19-10-7-16(2)21-12-13-22-16;/h4-5,11H,3,6-10,12-13H2,1-2H3,(H2,17,18,19);1H. The Morgan fingerprint density at radius 3 is 2.65 bits per heavy atom. The fraction of sp³-hybridized carbons (Fsp3) is 0.688. The van der Waals surface area contributed by atoms with Crippen molar-refractivity contribution in [3.8, 4) is 0 Å². The molecule has 1 fully saturated rings. The maximum atomic E-state index is 5.60. The van der Waals surface area contributed by atoms with Gasteiger partial charge < -0.3 is 24.5 Å². The van der Waals surface area contributed by atoms with Crippen molar-refractivity contribution in [2.24, 2.45) is 4.99 Å². The molecule has 0 bridgehead atoms. The first-order valence-electron chi connectivity index (χ1n) is 8.04. The number of nitrogens with one attached hydrogen (secondary N) is 2. The molecule has 132 valence electrons. The van der Waals surface area contributed by atoms with Gasteiger partial charge in [0.25, 0.3) is 0 Å². The summed E-state index contributed by atoms with van der Waals surface area (Å²) in [5, 5.41) is 6.66. The summed E-state index contributed by atoms with van der Waals surface area (Å²) < 4.78 is 16.5. The number of ether oxygens (including phenoxy) is 2. The minimum absolute atomic E-state index is 0. The third kappa shape index (κ3) is 7.54. The summed E-state index contributed by atoms with van der Waals surface area (Å²) in [6.45, 7) is 7.80. The Morgan fingerprint density at radius 1 is 1.26 bits per heavy atom. The van der Waals surface area contributed by atoms with Crippen molar-refractivity contribution in [1.82, 2.24) is 10.6 Å². The van der Waals surface area contributed by atoms with Crippen LogP contribution in [0.15, 0.2) is 27.8 Å². The molecule has 23 heavy (non-hydrogen) atoms. The summed E-state index contributed by atoms with van der Waals surface area (Å²) in [4.78, 5) is 4.53. The predicted molar refractivity (Wildman–Crippen MR) is 101 cm³/mol. The monoisotopic (exact) mass is 437 g/mol. The van der Waals surface area contributed by atoms with Crippen molar-refractivity contribution in [3.05, 3.63) is 24.2 Å². The highest BCUT2D eigenvalue weighted by Crippen LogP contribution is 2.21. The number of rotatable bonds is 8. The molecular weight excluding hydrogens is 409 g/mol. The van der Waals surface area contributed by atoms with E-state index in [1.807, 2.05) is 19.1 Å². The van der Waals surface area contributed by atoms with Gasteiger partial charge in [-0.1, -0.05) is 6.92 Å². The predicted octanol–water partition coefficient (Wildman–Crippen LogP) is 2.54. The van der Waals surface area contributed by atoms with E-state index in [4.69, 9.17) is 13.9 Å². The number of nitrogens with zero attached hydrogens (tertiary/aromatic N) is 1. The van der Waals surface area contributed by atoms with Gasteiger partial charge in [0.1, 0.15) is 5.76 Å². The maximum Gasteiger partial charge on any atom is 0.191 e. The molecular formula is C16H28IN3O3. The van der Waals surface area contributed by atoms with E-state index in [2.05, 4.69) is 22.5 Å². The normalized spacial score (nSPS) is 16.9. The summed E-state index contributed by atoms with van der Waals surface area (Å²) in [6, 6.07) is 3.88. The third-order valence-corrected chi connectivity index (χ3v) is 3.51. The highest BCUT2D eigenvalue weighted by molar-refractivity contribution is 14.0. The van der Waals surface area contributed by atoms with Crippen molar-refractivity contribution >= 4 is 29.9 Å². The molecule has 7 heteroatoms. The first-order chi connectivity index (χ1) is 10.7. The molecule has 0 aliphatic carbocycles. The zero-order valence-corrected chi connectivity index (χ0v) is 16.3. The van der Waals surface area contributed by atoms with Gasteiger partial charge in [0, 0.05) is 32.5 Å². The van der Waals surface area contributed by atoms with Gasteiger partial charge in [-0.05, 0) is 25.5 Å². The highest BCUT2D eigenvalue weighted by Gasteiger charge is 2.30. The van der Waals surface area contributed by atoms with Crippen molar-refractivity contribution in [2.45, 2.75) is 38.9 Å². The van der Waals surface area contributed by atoms with Crippen molar-refractivity contribution < 1.29 is 13.9 Å². The van der Waals surface area contributed by atoms with Crippen molar-refractivity contribution in [2.75, 3.05) is 32.8 Å². The minimum Gasteiger partial charge on any atom is -0.469 e. The zero-order valence-electron chi connectivity index (χ0n) is 14.0. The van der Waals surface area contributed by atoms with Crippen LogP contribution in [0, 0.1) is 0 Å². The van der Waals surface area contributed by atoms with E-state index >= 15 is 0 Å². The van der Waals surface area contributed by atoms with Crippen LogP contribution < -0.4 is 10.6 Å². The topological polar surface area (TPSA) is 68.0 Å². The molecule has 1 aliphatic rings. The van der Waals surface area contributed by atoms with Crippen LogP contribution in [-0.4, -0.2) is 44.6 Å².